The molecule has 0 heterocycles. The molecule has 0 aromatic heterocycles. The molecule has 2 aromatic carbocycles. The SMILES string of the molecule is CCOC(=O)c1ccc(N)c(Nc2ccccc2C#N)c1. The molecule has 2 aromatic rings. The number of carbonyl (C=O) groups excluding carboxylic acids is 1. The highest BCUT2D eigenvalue weighted by atomic mass is 16.5. The predicted molar refractivity (Wildman–Crippen MR) is 81.3 cm³/mol. The Hall–Kier alpha value is -3.00. The average Bonchev–Trinajstić information content (AvgIpc) is 2.50. The molecule has 3 N–H and O–H groups in total. The standard InChI is InChI=1S/C16H15N3O2/c1-2-21-16(20)11-7-8-13(18)15(9-11)19-14-6-4-3-5-12(14)10-17/h3-9,19H,2,18H2,1H3. The maximum atomic E-state index is 11.7. The number of benzene rings is 2. The van der Waals surface area contributed by atoms with Crippen LogP contribution in [0.4, 0.5) is 17.1 Å². The third-order valence-electron chi connectivity index (χ3n) is 2.88. The molecule has 0 radical (unpaired) electrons. The minimum absolute atomic E-state index is 0.309. The van der Waals surface area contributed by atoms with E-state index in [1.54, 1.807) is 43.3 Å². The first-order valence-electron chi connectivity index (χ1n) is 6.48. The van der Waals surface area contributed by atoms with Crippen LogP contribution < -0.4 is 11.1 Å². The van der Waals surface area contributed by atoms with Crippen LogP contribution in [0, 0.1) is 11.3 Å². The molecular formula is C16H15N3O2. The second-order valence-electron chi connectivity index (χ2n) is 4.30. The number of nitriles is 1. The number of carbonyl (C=O) groups is 1. The second kappa shape index (κ2) is 6.44. The van der Waals surface area contributed by atoms with Crippen LogP contribution in [-0.2, 0) is 4.74 Å². The molecule has 0 spiro atoms. The predicted octanol–water partition coefficient (Wildman–Crippen LogP) is 3.06. The smallest absolute Gasteiger partial charge is 0.338 e. The van der Waals surface area contributed by atoms with Crippen molar-refractivity contribution < 1.29 is 9.53 Å². The van der Waals surface area contributed by atoms with E-state index in [0.717, 1.165) is 0 Å². The van der Waals surface area contributed by atoms with Crippen LogP contribution in [0.3, 0.4) is 0 Å². The second-order valence-corrected chi connectivity index (χ2v) is 4.30. The molecule has 0 saturated carbocycles. The van der Waals surface area contributed by atoms with Crippen molar-refractivity contribution in [2.75, 3.05) is 17.7 Å². The maximum Gasteiger partial charge on any atom is 0.338 e. The highest BCUT2D eigenvalue weighted by molar-refractivity contribution is 5.92. The van der Waals surface area contributed by atoms with Crippen molar-refractivity contribution in [2.24, 2.45) is 0 Å². The summed E-state index contributed by atoms with van der Waals surface area (Å²) in [5.41, 5.74) is 8.48. The molecule has 0 aliphatic heterocycles. The van der Waals surface area contributed by atoms with E-state index in [4.69, 9.17) is 15.7 Å². The summed E-state index contributed by atoms with van der Waals surface area (Å²) in [4.78, 5) is 11.7. The third-order valence-corrected chi connectivity index (χ3v) is 2.88. The fraction of sp³-hybridized carbons (Fsp3) is 0.125. The van der Waals surface area contributed by atoms with Gasteiger partial charge in [0, 0.05) is 0 Å². The highest BCUT2D eigenvalue weighted by Crippen LogP contribution is 2.26. The van der Waals surface area contributed by atoms with Gasteiger partial charge in [-0.05, 0) is 37.3 Å². The summed E-state index contributed by atoms with van der Waals surface area (Å²) in [5.74, 6) is -0.408. The number of hydrogen-bond acceptors (Lipinski definition) is 5. The van der Waals surface area contributed by atoms with Crippen LogP contribution in [0.25, 0.3) is 0 Å². The van der Waals surface area contributed by atoms with Gasteiger partial charge in [0.2, 0.25) is 0 Å². The number of ether oxygens (including phenoxy) is 1. The highest BCUT2D eigenvalue weighted by Gasteiger charge is 2.10. The van der Waals surface area contributed by atoms with Gasteiger partial charge in [-0.1, -0.05) is 12.1 Å². The van der Waals surface area contributed by atoms with Crippen molar-refractivity contribution in [2.45, 2.75) is 6.92 Å². The van der Waals surface area contributed by atoms with Gasteiger partial charge in [-0.25, -0.2) is 4.79 Å². The number of nitrogens with two attached hydrogens (primary N) is 1. The van der Waals surface area contributed by atoms with Gasteiger partial charge in [0.25, 0.3) is 0 Å². The van der Waals surface area contributed by atoms with Crippen molar-refractivity contribution >= 4 is 23.0 Å². The fourth-order valence-electron chi connectivity index (χ4n) is 1.84. The molecule has 0 atom stereocenters. The van der Waals surface area contributed by atoms with Crippen LogP contribution in [0.1, 0.15) is 22.8 Å². The summed E-state index contributed by atoms with van der Waals surface area (Å²) >= 11 is 0. The zero-order valence-corrected chi connectivity index (χ0v) is 11.6. The van der Waals surface area contributed by atoms with Crippen molar-refractivity contribution in [1.29, 1.82) is 5.26 Å². The average molecular weight is 281 g/mol. The van der Waals surface area contributed by atoms with Gasteiger partial charge in [0.1, 0.15) is 6.07 Å². The third kappa shape index (κ3) is 3.31. The van der Waals surface area contributed by atoms with E-state index in [9.17, 15) is 4.79 Å². The Labute approximate surface area is 123 Å². The molecule has 0 amide bonds. The first-order chi connectivity index (χ1) is 10.2. The summed E-state index contributed by atoms with van der Waals surface area (Å²) in [5, 5.41) is 12.2. The van der Waals surface area contributed by atoms with E-state index in [1.807, 2.05) is 6.07 Å². The van der Waals surface area contributed by atoms with E-state index in [0.29, 0.717) is 34.8 Å². The number of esters is 1. The number of nitrogens with zero attached hydrogens (tertiary/aromatic N) is 1. The van der Waals surface area contributed by atoms with Gasteiger partial charge in [0.15, 0.2) is 0 Å². The van der Waals surface area contributed by atoms with Gasteiger partial charge in [-0.3, -0.25) is 0 Å². The van der Waals surface area contributed by atoms with Gasteiger partial charge in [-0.2, -0.15) is 5.26 Å². The lowest BCUT2D eigenvalue weighted by atomic mass is 10.1. The summed E-state index contributed by atoms with van der Waals surface area (Å²) in [6, 6.07) is 14.0. The minimum Gasteiger partial charge on any atom is -0.462 e. The van der Waals surface area contributed by atoms with Crippen molar-refractivity contribution in [1.82, 2.24) is 0 Å². The summed E-state index contributed by atoms with van der Waals surface area (Å²) in [6.45, 7) is 2.06. The van der Waals surface area contributed by atoms with Crippen LogP contribution in [0.15, 0.2) is 42.5 Å². The van der Waals surface area contributed by atoms with Crippen molar-refractivity contribution in [3.05, 3.63) is 53.6 Å². The Kier molecular flexibility index (Phi) is 4.42. The van der Waals surface area contributed by atoms with Gasteiger partial charge < -0.3 is 15.8 Å². The molecule has 0 fully saturated rings. The number of nitrogen functional groups attached to an aromatic ring is 1. The van der Waals surface area contributed by atoms with Crippen LogP contribution in [0.2, 0.25) is 0 Å². The Morgan fingerprint density at radius 3 is 2.76 bits per heavy atom. The summed E-state index contributed by atoms with van der Waals surface area (Å²) in [6.07, 6.45) is 0. The lowest BCUT2D eigenvalue weighted by molar-refractivity contribution is 0.0526. The van der Waals surface area contributed by atoms with E-state index in [1.165, 1.54) is 0 Å². The Morgan fingerprint density at radius 1 is 1.29 bits per heavy atom. The molecular weight excluding hydrogens is 266 g/mol. The van der Waals surface area contributed by atoms with E-state index >= 15 is 0 Å². The molecule has 5 nitrogen and oxygen atoms in total. The molecule has 0 bridgehead atoms. The molecule has 0 aliphatic rings. The zero-order valence-electron chi connectivity index (χ0n) is 11.6. The minimum atomic E-state index is -0.408. The van der Waals surface area contributed by atoms with E-state index in [2.05, 4.69) is 11.4 Å². The monoisotopic (exact) mass is 281 g/mol. The molecule has 0 saturated heterocycles. The molecule has 106 valence electrons. The van der Waals surface area contributed by atoms with E-state index in [-0.39, 0.29) is 0 Å². The first-order valence-corrected chi connectivity index (χ1v) is 6.48. The van der Waals surface area contributed by atoms with Crippen LogP contribution >= 0.6 is 0 Å². The molecule has 0 unspecified atom stereocenters. The van der Waals surface area contributed by atoms with E-state index < -0.39 is 5.97 Å². The molecule has 0 aliphatic carbocycles. The molecule has 2 rings (SSSR count). The molecule has 21 heavy (non-hydrogen) atoms. The largest absolute Gasteiger partial charge is 0.462 e. The number of rotatable bonds is 4. The lowest BCUT2D eigenvalue weighted by Crippen LogP contribution is -2.06. The topological polar surface area (TPSA) is 88.1 Å². The normalized spacial score (nSPS) is 9.71. The Balaban J connectivity index is 2.34. The van der Waals surface area contributed by atoms with Crippen LogP contribution in [0.5, 0.6) is 0 Å². The Bertz CT molecular complexity index is 705. The number of hydrogen-bond donors (Lipinski definition) is 2. The fourth-order valence-corrected chi connectivity index (χ4v) is 1.84. The lowest BCUT2D eigenvalue weighted by Gasteiger charge is -2.12. The van der Waals surface area contributed by atoms with Crippen LogP contribution in [-0.4, -0.2) is 12.6 Å². The quantitative estimate of drug-likeness (QED) is 0.664. The number of anilines is 3. The van der Waals surface area contributed by atoms with Crippen molar-refractivity contribution in [3.63, 3.8) is 0 Å². The summed E-state index contributed by atoms with van der Waals surface area (Å²) < 4.78 is 4.96. The first kappa shape index (κ1) is 14.4. The Morgan fingerprint density at radius 2 is 2.05 bits per heavy atom. The van der Waals surface area contributed by atoms with Crippen molar-refractivity contribution in [3.8, 4) is 6.07 Å². The maximum absolute atomic E-state index is 11.7. The van der Waals surface area contributed by atoms with Gasteiger partial charge >= 0.3 is 5.97 Å². The number of nitrogens with one attached hydrogen (secondary N) is 1. The molecule has 5 heteroatoms. The van der Waals surface area contributed by atoms with Gasteiger partial charge in [-0.15, -0.1) is 0 Å². The zero-order chi connectivity index (χ0) is 15.2. The number of para-hydroxylation sites is 1. The van der Waals surface area contributed by atoms with Gasteiger partial charge in [0.05, 0.1) is 34.8 Å². The summed E-state index contributed by atoms with van der Waals surface area (Å²) in [7, 11) is 0.